The lowest BCUT2D eigenvalue weighted by Gasteiger charge is -2.13. The first-order valence-corrected chi connectivity index (χ1v) is 7.09. The van der Waals surface area contributed by atoms with E-state index in [0.717, 1.165) is 11.3 Å². The van der Waals surface area contributed by atoms with Gasteiger partial charge in [0.2, 0.25) is 5.91 Å². The highest BCUT2D eigenvalue weighted by Crippen LogP contribution is 2.09. The molecule has 1 aromatic heterocycles. The number of aromatic nitrogens is 4. The topological polar surface area (TPSA) is 96.5 Å². The van der Waals surface area contributed by atoms with Crippen molar-refractivity contribution >= 4 is 5.91 Å². The number of nitrogens with one attached hydrogen (secondary N) is 1. The molecule has 7 heteroatoms. The second-order valence-corrected chi connectivity index (χ2v) is 5.48. The summed E-state index contributed by atoms with van der Waals surface area (Å²) in [5, 5.41) is 22.7. The van der Waals surface area contributed by atoms with Gasteiger partial charge in [0.15, 0.2) is 0 Å². The number of hydrogen-bond acceptors (Lipinski definition) is 5. The predicted molar refractivity (Wildman–Crippen MR) is 79.9 cm³/mol. The number of nitrogens with zero attached hydrogens (tertiary/aromatic N) is 5. The number of carbonyl (C=O) groups excluding carboxylic acids is 1. The fourth-order valence-electron chi connectivity index (χ4n) is 2.09. The van der Waals surface area contributed by atoms with Gasteiger partial charge in [-0.2, -0.15) is 5.26 Å². The predicted octanol–water partition coefficient (Wildman–Crippen LogP) is 1.26. The molecule has 22 heavy (non-hydrogen) atoms. The van der Waals surface area contributed by atoms with Crippen molar-refractivity contribution in [2.75, 3.05) is 0 Å². The molecular formula is C15H18N6O. The molecule has 0 fully saturated rings. The average Bonchev–Trinajstić information content (AvgIpc) is 3.01. The molecule has 0 spiro atoms. The Bertz CT molecular complexity index is 642. The molecule has 7 nitrogen and oxygen atoms in total. The summed E-state index contributed by atoms with van der Waals surface area (Å²) in [6.45, 7) is 4.04. The lowest BCUT2D eigenvalue weighted by atomic mass is 10.0. The van der Waals surface area contributed by atoms with Gasteiger partial charge in [-0.1, -0.05) is 26.0 Å². The number of hydrogen-bond donors (Lipinski definition) is 1. The molecule has 0 aliphatic rings. The minimum atomic E-state index is -0.437. The van der Waals surface area contributed by atoms with Gasteiger partial charge in [-0.05, 0) is 40.5 Å². The minimum absolute atomic E-state index is 0.151. The molecule has 0 unspecified atom stereocenters. The third-order valence-electron chi connectivity index (χ3n) is 3.11. The van der Waals surface area contributed by atoms with E-state index in [1.165, 1.54) is 11.0 Å². The maximum atomic E-state index is 12.0. The summed E-state index contributed by atoms with van der Waals surface area (Å²) in [6.07, 6.45) is 2.40. The summed E-state index contributed by atoms with van der Waals surface area (Å²) < 4.78 is 1.54. The van der Waals surface area contributed by atoms with Crippen LogP contribution in [0.3, 0.4) is 0 Å². The van der Waals surface area contributed by atoms with Gasteiger partial charge in [0.25, 0.3) is 0 Å². The average molecular weight is 298 g/mol. The van der Waals surface area contributed by atoms with E-state index in [1.54, 1.807) is 0 Å². The van der Waals surface area contributed by atoms with E-state index in [4.69, 9.17) is 5.26 Å². The van der Waals surface area contributed by atoms with Crippen LogP contribution in [0.2, 0.25) is 0 Å². The van der Waals surface area contributed by atoms with Crippen LogP contribution in [-0.2, 0) is 11.2 Å². The van der Waals surface area contributed by atoms with Crippen molar-refractivity contribution < 1.29 is 4.79 Å². The molecule has 1 atom stereocenters. The van der Waals surface area contributed by atoms with E-state index in [9.17, 15) is 4.79 Å². The van der Waals surface area contributed by atoms with Crippen molar-refractivity contribution in [1.29, 1.82) is 5.26 Å². The summed E-state index contributed by atoms with van der Waals surface area (Å²) in [5.74, 6) is 0.211. The minimum Gasteiger partial charge on any atom is -0.340 e. The van der Waals surface area contributed by atoms with Gasteiger partial charge in [-0.25, -0.2) is 4.68 Å². The smallest absolute Gasteiger partial charge is 0.225 e. The first-order valence-electron chi connectivity index (χ1n) is 7.09. The standard InChI is InChI=1S/C15H18N6O/c1-11(2)7-13(9-16)18-15(22)8-12-3-5-14(6-4-12)21-10-17-19-20-21/h3-6,10-11,13H,7-8H2,1-2H3,(H,18,22)/t13-/m0/s1. The second-order valence-electron chi connectivity index (χ2n) is 5.48. The normalized spacial score (nSPS) is 11.9. The molecule has 1 heterocycles. The number of benzene rings is 1. The Kier molecular flexibility index (Phi) is 5.20. The number of carbonyl (C=O) groups is 1. The van der Waals surface area contributed by atoms with Crippen LogP contribution in [0.25, 0.3) is 5.69 Å². The molecule has 2 aromatic rings. The van der Waals surface area contributed by atoms with Crippen molar-refractivity contribution in [3.8, 4) is 11.8 Å². The van der Waals surface area contributed by atoms with E-state index in [2.05, 4.69) is 26.9 Å². The van der Waals surface area contributed by atoms with E-state index in [0.29, 0.717) is 12.3 Å². The Morgan fingerprint density at radius 1 is 1.36 bits per heavy atom. The van der Waals surface area contributed by atoms with Crippen molar-refractivity contribution in [3.63, 3.8) is 0 Å². The highest BCUT2D eigenvalue weighted by atomic mass is 16.1. The molecule has 0 bridgehead atoms. The first-order chi connectivity index (χ1) is 10.6. The van der Waals surface area contributed by atoms with Crippen LogP contribution in [0.15, 0.2) is 30.6 Å². The quantitative estimate of drug-likeness (QED) is 0.866. The van der Waals surface area contributed by atoms with Crippen LogP contribution < -0.4 is 5.32 Å². The van der Waals surface area contributed by atoms with Gasteiger partial charge in [0.05, 0.1) is 18.2 Å². The Morgan fingerprint density at radius 2 is 2.09 bits per heavy atom. The zero-order valence-electron chi connectivity index (χ0n) is 12.6. The molecule has 0 saturated carbocycles. The maximum absolute atomic E-state index is 12.0. The number of tetrazole rings is 1. The summed E-state index contributed by atoms with van der Waals surface area (Å²) in [4.78, 5) is 12.0. The molecule has 1 aromatic carbocycles. The number of amides is 1. The van der Waals surface area contributed by atoms with Crippen LogP contribution in [0, 0.1) is 17.2 Å². The van der Waals surface area contributed by atoms with Crippen LogP contribution in [0.5, 0.6) is 0 Å². The molecule has 114 valence electrons. The van der Waals surface area contributed by atoms with Crippen LogP contribution >= 0.6 is 0 Å². The second kappa shape index (κ2) is 7.31. The van der Waals surface area contributed by atoms with Gasteiger partial charge in [-0.3, -0.25) is 4.79 Å². The van der Waals surface area contributed by atoms with Gasteiger partial charge >= 0.3 is 0 Å². The van der Waals surface area contributed by atoms with Crippen molar-refractivity contribution in [1.82, 2.24) is 25.5 Å². The highest BCUT2D eigenvalue weighted by Gasteiger charge is 2.13. The fourth-order valence-corrected chi connectivity index (χ4v) is 2.09. The molecule has 1 N–H and O–H groups in total. The molecule has 1 amide bonds. The summed E-state index contributed by atoms with van der Waals surface area (Å²) in [5.41, 5.74) is 1.69. The fraction of sp³-hybridized carbons (Fsp3) is 0.400. The summed E-state index contributed by atoms with van der Waals surface area (Å²) in [7, 11) is 0. The Labute approximate surface area is 128 Å². The Hall–Kier alpha value is -2.75. The molecule has 0 aliphatic carbocycles. The highest BCUT2D eigenvalue weighted by molar-refractivity contribution is 5.79. The zero-order chi connectivity index (χ0) is 15.9. The van der Waals surface area contributed by atoms with Crippen molar-refractivity contribution in [2.45, 2.75) is 32.7 Å². The van der Waals surface area contributed by atoms with Gasteiger partial charge in [-0.15, -0.1) is 5.10 Å². The number of rotatable bonds is 6. The van der Waals surface area contributed by atoms with Crippen LogP contribution in [0.4, 0.5) is 0 Å². The first kappa shape index (κ1) is 15.6. The largest absolute Gasteiger partial charge is 0.340 e. The van der Waals surface area contributed by atoms with Gasteiger partial charge < -0.3 is 5.32 Å². The maximum Gasteiger partial charge on any atom is 0.225 e. The van der Waals surface area contributed by atoms with E-state index >= 15 is 0 Å². The molecular weight excluding hydrogens is 280 g/mol. The third-order valence-corrected chi connectivity index (χ3v) is 3.11. The zero-order valence-corrected chi connectivity index (χ0v) is 12.6. The summed E-state index contributed by atoms with van der Waals surface area (Å²) in [6, 6.07) is 9.06. The van der Waals surface area contributed by atoms with E-state index in [-0.39, 0.29) is 12.3 Å². The van der Waals surface area contributed by atoms with E-state index in [1.807, 2.05) is 38.1 Å². The molecule has 0 radical (unpaired) electrons. The van der Waals surface area contributed by atoms with Crippen LogP contribution in [0.1, 0.15) is 25.8 Å². The summed E-state index contributed by atoms with van der Waals surface area (Å²) >= 11 is 0. The van der Waals surface area contributed by atoms with Gasteiger partial charge in [0, 0.05) is 0 Å². The Morgan fingerprint density at radius 3 is 2.64 bits per heavy atom. The third kappa shape index (κ3) is 4.38. The SMILES string of the molecule is CC(C)C[C@@H](C#N)NC(=O)Cc1ccc(-n2cnnn2)cc1. The van der Waals surface area contributed by atoms with Crippen molar-refractivity contribution in [3.05, 3.63) is 36.2 Å². The molecule has 0 saturated heterocycles. The Balaban J connectivity index is 1.93. The lowest BCUT2D eigenvalue weighted by Crippen LogP contribution is -2.35. The molecule has 2 rings (SSSR count). The molecule has 0 aliphatic heterocycles. The number of nitriles is 1. The van der Waals surface area contributed by atoms with Gasteiger partial charge in [0.1, 0.15) is 12.4 Å². The van der Waals surface area contributed by atoms with E-state index < -0.39 is 6.04 Å². The van der Waals surface area contributed by atoms with Crippen LogP contribution in [-0.4, -0.2) is 32.2 Å². The lowest BCUT2D eigenvalue weighted by molar-refractivity contribution is -0.120. The monoisotopic (exact) mass is 298 g/mol. The van der Waals surface area contributed by atoms with Crippen molar-refractivity contribution in [2.24, 2.45) is 5.92 Å².